The number of carbonyl (C=O) groups is 1. The molecule has 0 saturated carbocycles. The zero-order valence-electron chi connectivity index (χ0n) is 11.9. The highest BCUT2D eigenvalue weighted by Crippen LogP contribution is 2.34. The van der Waals surface area contributed by atoms with Gasteiger partial charge in [0.2, 0.25) is 0 Å². The summed E-state index contributed by atoms with van der Waals surface area (Å²) >= 11 is 0. The molecule has 3 N–H and O–H groups in total. The molecule has 112 valence electrons. The molecule has 0 aliphatic rings. The molecule has 7 nitrogen and oxygen atoms in total. The van der Waals surface area contributed by atoms with Crippen LogP contribution in [0.25, 0.3) is 10.8 Å². The van der Waals surface area contributed by atoms with Crippen molar-refractivity contribution in [2.45, 2.75) is 0 Å². The summed E-state index contributed by atoms with van der Waals surface area (Å²) in [5, 5.41) is 4.93. The molecular weight excluding hydrogens is 274 g/mol. The van der Waals surface area contributed by atoms with Crippen molar-refractivity contribution in [1.29, 1.82) is 0 Å². The van der Waals surface area contributed by atoms with Gasteiger partial charge in [-0.05, 0) is 23.6 Å². The number of anilines is 1. The summed E-state index contributed by atoms with van der Waals surface area (Å²) in [4.78, 5) is 14.8. The van der Waals surface area contributed by atoms with E-state index in [1.54, 1.807) is 20.4 Å². The molecule has 2 aromatic rings. The predicted octanol–water partition coefficient (Wildman–Crippen LogP) is 1.76. The van der Waals surface area contributed by atoms with E-state index < -0.39 is 6.09 Å². The van der Waals surface area contributed by atoms with Crippen LogP contribution in [-0.2, 0) is 4.74 Å². The number of nitrogens with one attached hydrogen (secondary N) is 1. The number of pyridine rings is 1. The molecule has 1 heterocycles. The van der Waals surface area contributed by atoms with Crippen molar-refractivity contribution in [3.63, 3.8) is 0 Å². The number of hydrogen-bond acceptors (Lipinski definition) is 6. The van der Waals surface area contributed by atoms with Crippen LogP contribution in [-0.4, -0.2) is 38.4 Å². The molecule has 0 bridgehead atoms. The summed E-state index contributed by atoms with van der Waals surface area (Å²) in [6.45, 7) is 0.574. The predicted molar refractivity (Wildman–Crippen MR) is 78.9 cm³/mol. The Hall–Kier alpha value is -2.70. The Balaban J connectivity index is 2.25. The van der Waals surface area contributed by atoms with Gasteiger partial charge >= 0.3 is 6.09 Å². The zero-order valence-corrected chi connectivity index (χ0v) is 11.9. The van der Waals surface area contributed by atoms with Crippen LogP contribution in [0.5, 0.6) is 11.5 Å². The first-order valence-corrected chi connectivity index (χ1v) is 6.32. The summed E-state index contributed by atoms with van der Waals surface area (Å²) in [5.41, 5.74) is 4.90. The topological polar surface area (TPSA) is 95.7 Å². The van der Waals surface area contributed by atoms with E-state index in [9.17, 15) is 4.79 Å². The minimum atomic E-state index is -0.797. The van der Waals surface area contributed by atoms with Gasteiger partial charge in [-0.1, -0.05) is 0 Å². The second-order valence-electron chi connectivity index (χ2n) is 4.18. The smallest absolute Gasteiger partial charge is 0.404 e. The second kappa shape index (κ2) is 6.65. The van der Waals surface area contributed by atoms with Crippen molar-refractivity contribution in [2.24, 2.45) is 5.73 Å². The molecule has 1 aromatic heterocycles. The zero-order chi connectivity index (χ0) is 15.2. The van der Waals surface area contributed by atoms with Crippen LogP contribution in [0.2, 0.25) is 0 Å². The Labute approximate surface area is 122 Å². The average molecular weight is 291 g/mol. The Kier molecular flexibility index (Phi) is 4.65. The molecule has 1 aromatic carbocycles. The number of aromatic nitrogens is 1. The number of nitrogens with zero attached hydrogens (tertiary/aromatic N) is 1. The summed E-state index contributed by atoms with van der Waals surface area (Å²) in [5.74, 6) is 1.94. The van der Waals surface area contributed by atoms with E-state index in [2.05, 4.69) is 15.0 Å². The maximum absolute atomic E-state index is 10.5. The first-order valence-electron chi connectivity index (χ1n) is 6.32. The van der Waals surface area contributed by atoms with Crippen LogP contribution >= 0.6 is 0 Å². The lowest BCUT2D eigenvalue weighted by atomic mass is 10.1. The number of fused-ring (bicyclic) bond motifs is 1. The third kappa shape index (κ3) is 3.44. The van der Waals surface area contributed by atoms with Crippen LogP contribution in [0, 0.1) is 0 Å². The maximum Gasteiger partial charge on any atom is 0.404 e. The lowest BCUT2D eigenvalue weighted by Crippen LogP contribution is -2.18. The molecule has 0 unspecified atom stereocenters. The number of nitrogens with two attached hydrogens (primary N) is 1. The van der Waals surface area contributed by atoms with Gasteiger partial charge in [0.25, 0.3) is 0 Å². The van der Waals surface area contributed by atoms with Gasteiger partial charge in [0.1, 0.15) is 12.4 Å². The number of primary amides is 1. The Morgan fingerprint density at radius 1 is 1.29 bits per heavy atom. The third-order valence-electron chi connectivity index (χ3n) is 2.91. The van der Waals surface area contributed by atoms with E-state index in [0.717, 1.165) is 10.8 Å². The lowest BCUT2D eigenvalue weighted by Gasteiger charge is -2.12. The van der Waals surface area contributed by atoms with Gasteiger partial charge in [-0.2, -0.15) is 0 Å². The van der Waals surface area contributed by atoms with E-state index in [4.69, 9.17) is 15.2 Å². The number of carbonyl (C=O) groups excluding carboxylic acids is 1. The van der Waals surface area contributed by atoms with Crippen molar-refractivity contribution in [1.82, 2.24) is 4.98 Å². The molecule has 2 rings (SSSR count). The summed E-state index contributed by atoms with van der Waals surface area (Å²) in [7, 11) is 3.17. The van der Waals surface area contributed by atoms with Gasteiger partial charge in [0.05, 0.1) is 20.8 Å². The molecule has 0 spiro atoms. The van der Waals surface area contributed by atoms with Crippen molar-refractivity contribution in [3.8, 4) is 11.5 Å². The molecule has 0 saturated heterocycles. The quantitative estimate of drug-likeness (QED) is 0.787. The van der Waals surface area contributed by atoms with E-state index in [-0.39, 0.29) is 6.61 Å². The number of methoxy groups -OCH3 is 2. The molecular formula is C14H17N3O4. The molecule has 21 heavy (non-hydrogen) atoms. The first kappa shape index (κ1) is 14.7. The Morgan fingerprint density at radius 2 is 2.00 bits per heavy atom. The monoisotopic (exact) mass is 291 g/mol. The molecule has 0 aliphatic heterocycles. The van der Waals surface area contributed by atoms with E-state index in [1.807, 2.05) is 18.2 Å². The van der Waals surface area contributed by atoms with Crippen molar-refractivity contribution < 1.29 is 19.0 Å². The molecule has 0 aliphatic carbocycles. The normalized spacial score (nSPS) is 10.2. The average Bonchev–Trinajstić information content (AvgIpc) is 2.49. The van der Waals surface area contributed by atoms with Gasteiger partial charge in [-0.15, -0.1) is 0 Å². The SMILES string of the molecule is COc1cc2ccnc(NCCOC(N)=O)c2cc1OC. The molecule has 0 fully saturated rings. The fraction of sp³-hybridized carbons (Fsp3) is 0.286. The number of rotatable bonds is 6. The van der Waals surface area contributed by atoms with Crippen LogP contribution < -0.4 is 20.5 Å². The van der Waals surface area contributed by atoms with Crippen molar-refractivity contribution in [2.75, 3.05) is 32.7 Å². The van der Waals surface area contributed by atoms with Crippen molar-refractivity contribution >= 4 is 22.7 Å². The van der Waals surface area contributed by atoms with Crippen LogP contribution in [0.4, 0.5) is 10.6 Å². The highest BCUT2D eigenvalue weighted by atomic mass is 16.5. The lowest BCUT2D eigenvalue weighted by molar-refractivity contribution is 0.161. The largest absolute Gasteiger partial charge is 0.493 e. The van der Waals surface area contributed by atoms with E-state index in [1.165, 1.54) is 0 Å². The number of ether oxygens (including phenoxy) is 3. The molecule has 0 radical (unpaired) electrons. The molecule has 1 amide bonds. The molecule has 0 atom stereocenters. The summed E-state index contributed by atoms with van der Waals surface area (Å²) in [6.07, 6.45) is 0.889. The number of amides is 1. The van der Waals surface area contributed by atoms with Gasteiger partial charge < -0.3 is 25.3 Å². The maximum atomic E-state index is 10.5. The standard InChI is InChI=1S/C14H17N3O4/c1-19-11-7-9-3-4-16-13(10(9)8-12(11)20-2)17-5-6-21-14(15)18/h3-4,7-8H,5-6H2,1-2H3,(H2,15,18)(H,16,17). The Morgan fingerprint density at radius 3 is 2.67 bits per heavy atom. The fourth-order valence-corrected chi connectivity index (χ4v) is 1.96. The summed E-state index contributed by atoms with van der Waals surface area (Å²) < 4.78 is 15.2. The number of hydrogen-bond donors (Lipinski definition) is 2. The van der Waals surface area contributed by atoms with Gasteiger partial charge in [-0.3, -0.25) is 0 Å². The third-order valence-corrected chi connectivity index (χ3v) is 2.91. The molecule has 7 heteroatoms. The highest BCUT2D eigenvalue weighted by molar-refractivity contribution is 5.94. The number of benzene rings is 1. The van der Waals surface area contributed by atoms with Crippen LogP contribution in [0.1, 0.15) is 0 Å². The summed E-state index contributed by atoms with van der Waals surface area (Å²) in [6, 6.07) is 5.60. The van der Waals surface area contributed by atoms with Gasteiger partial charge in [0, 0.05) is 11.6 Å². The van der Waals surface area contributed by atoms with Crippen LogP contribution in [0.3, 0.4) is 0 Å². The van der Waals surface area contributed by atoms with E-state index >= 15 is 0 Å². The minimum absolute atomic E-state index is 0.167. The van der Waals surface area contributed by atoms with Gasteiger partial charge in [0.15, 0.2) is 11.5 Å². The van der Waals surface area contributed by atoms with Crippen molar-refractivity contribution in [3.05, 3.63) is 24.4 Å². The van der Waals surface area contributed by atoms with E-state index in [0.29, 0.717) is 23.9 Å². The minimum Gasteiger partial charge on any atom is -0.493 e. The highest BCUT2D eigenvalue weighted by Gasteiger charge is 2.09. The first-order chi connectivity index (χ1) is 10.2. The van der Waals surface area contributed by atoms with Gasteiger partial charge in [-0.25, -0.2) is 9.78 Å². The van der Waals surface area contributed by atoms with Crippen LogP contribution in [0.15, 0.2) is 24.4 Å². The Bertz CT molecular complexity index is 645. The second-order valence-corrected chi connectivity index (χ2v) is 4.18. The fourth-order valence-electron chi connectivity index (χ4n) is 1.96.